The first-order chi connectivity index (χ1) is 4.79. The van der Waals surface area contributed by atoms with Crippen molar-refractivity contribution < 1.29 is 14.6 Å². The molecule has 0 heterocycles. The van der Waals surface area contributed by atoms with E-state index in [1.165, 1.54) is 24.3 Å². The Bertz CT molecular complexity index is 150. The van der Waals surface area contributed by atoms with Crippen LogP contribution in [0, 0.1) is 5.82 Å². The standard InChI is InChI=1S/C6H5FO.CH4O/c7-5-1-3-6(8)4-2-5;1-2/h1-4,8H;2H,1H3. The molecule has 1 rings (SSSR count). The maximum absolute atomic E-state index is 12.0. The van der Waals surface area contributed by atoms with Crippen LogP contribution in [0.25, 0.3) is 0 Å². The predicted molar refractivity (Wildman–Crippen MR) is 36.2 cm³/mol. The van der Waals surface area contributed by atoms with Crippen LogP contribution in [0.3, 0.4) is 0 Å². The van der Waals surface area contributed by atoms with E-state index in [9.17, 15) is 4.39 Å². The van der Waals surface area contributed by atoms with Gasteiger partial charge in [0.15, 0.2) is 0 Å². The first-order valence-corrected chi connectivity index (χ1v) is 2.68. The maximum Gasteiger partial charge on any atom is 0.123 e. The van der Waals surface area contributed by atoms with Crippen molar-refractivity contribution in [3.63, 3.8) is 0 Å². The summed E-state index contributed by atoms with van der Waals surface area (Å²) in [4.78, 5) is 0. The lowest BCUT2D eigenvalue weighted by Gasteiger charge is -1.86. The molecule has 0 aliphatic carbocycles. The Balaban J connectivity index is 0.000000371. The largest absolute Gasteiger partial charge is 0.508 e. The van der Waals surface area contributed by atoms with Crippen molar-refractivity contribution in [2.24, 2.45) is 0 Å². The molecule has 56 valence electrons. The van der Waals surface area contributed by atoms with Gasteiger partial charge in [0.05, 0.1) is 0 Å². The van der Waals surface area contributed by atoms with Crippen LogP contribution >= 0.6 is 0 Å². The summed E-state index contributed by atoms with van der Waals surface area (Å²) in [7, 11) is 1.00. The number of phenols is 1. The Morgan fingerprint density at radius 2 is 1.50 bits per heavy atom. The Morgan fingerprint density at radius 1 is 1.10 bits per heavy atom. The second-order valence-corrected chi connectivity index (χ2v) is 1.48. The molecular weight excluding hydrogens is 135 g/mol. The van der Waals surface area contributed by atoms with Gasteiger partial charge in [-0.3, -0.25) is 0 Å². The van der Waals surface area contributed by atoms with Crippen LogP contribution in [-0.2, 0) is 0 Å². The summed E-state index contributed by atoms with van der Waals surface area (Å²) in [6.45, 7) is 0. The number of rotatable bonds is 0. The van der Waals surface area contributed by atoms with Crippen molar-refractivity contribution in [2.45, 2.75) is 0 Å². The smallest absolute Gasteiger partial charge is 0.123 e. The molecule has 0 saturated heterocycles. The lowest BCUT2D eigenvalue weighted by molar-refractivity contribution is 0.399. The fourth-order valence-electron chi connectivity index (χ4n) is 0.441. The number of benzene rings is 1. The Hall–Kier alpha value is -1.09. The molecule has 0 fully saturated rings. The molecule has 0 saturated carbocycles. The molecule has 1 aromatic carbocycles. The first kappa shape index (κ1) is 8.91. The molecular formula is C7H9FO2. The second kappa shape index (κ2) is 4.76. The van der Waals surface area contributed by atoms with Gasteiger partial charge in [-0.05, 0) is 24.3 Å². The summed E-state index contributed by atoms with van der Waals surface area (Å²) in [5, 5.41) is 15.6. The Labute approximate surface area is 58.6 Å². The average molecular weight is 144 g/mol. The van der Waals surface area contributed by atoms with Gasteiger partial charge in [0.2, 0.25) is 0 Å². The third kappa shape index (κ3) is 3.04. The highest BCUT2D eigenvalue weighted by Gasteiger charge is 1.85. The molecule has 0 unspecified atom stereocenters. The number of hydrogen-bond donors (Lipinski definition) is 2. The summed E-state index contributed by atoms with van der Waals surface area (Å²) in [6, 6.07) is 5.01. The van der Waals surface area contributed by atoms with Gasteiger partial charge in [-0.2, -0.15) is 0 Å². The van der Waals surface area contributed by atoms with Crippen molar-refractivity contribution >= 4 is 0 Å². The Morgan fingerprint density at radius 3 is 1.80 bits per heavy atom. The summed E-state index contributed by atoms with van der Waals surface area (Å²) < 4.78 is 12.0. The Kier molecular flexibility index (Phi) is 4.24. The SMILES string of the molecule is CO.Oc1ccc(F)cc1. The molecule has 0 aliphatic rings. The zero-order chi connectivity index (χ0) is 7.98. The van der Waals surface area contributed by atoms with E-state index in [0.717, 1.165) is 7.11 Å². The van der Waals surface area contributed by atoms with E-state index >= 15 is 0 Å². The van der Waals surface area contributed by atoms with Crippen molar-refractivity contribution in [1.29, 1.82) is 0 Å². The molecule has 0 radical (unpaired) electrons. The minimum Gasteiger partial charge on any atom is -0.508 e. The molecule has 0 amide bonds. The summed E-state index contributed by atoms with van der Waals surface area (Å²) >= 11 is 0. The number of aromatic hydroxyl groups is 1. The quantitative estimate of drug-likeness (QED) is 0.573. The number of aliphatic hydroxyl groups is 1. The van der Waals surface area contributed by atoms with E-state index < -0.39 is 0 Å². The van der Waals surface area contributed by atoms with Gasteiger partial charge in [0.1, 0.15) is 11.6 Å². The molecule has 2 N–H and O–H groups in total. The molecule has 3 heteroatoms. The topological polar surface area (TPSA) is 40.5 Å². The van der Waals surface area contributed by atoms with Crippen molar-refractivity contribution in [1.82, 2.24) is 0 Å². The van der Waals surface area contributed by atoms with Gasteiger partial charge in [-0.1, -0.05) is 0 Å². The molecule has 0 atom stereocenters. The second-order valence-electron chi connectivity index (χ2n) is 1.48. The van der Waals surface area contributed by atoms with Crippen LogP contribution in [0.1, 0.15) is 0 Å². The van der Waals surface area contributed by atoms with Crippen molar-refractivity contribution in [3.8, 4) is 5.75 Å². The highest BCUT2D eigenvalue weighted by atomic mass is 19.1. The van der Waals surface area contributed by atoms with Gasteiger partial charge < -0.3 is 10.2 Å². The van der Waals surface area contributed by atoms with Gasteiger partial charge >= 0.3 is 0 Å². The predicted octanol–water partition coefficient (Wildman–Crippen LogP) is 1.14. The summed E-state index contributed by atoms with van der Waals surface area (Å²) in [5.74, 6) is -0.241. The fraction of sp³-hybridized carbons (Fsp3) is 0.143. The van der Waals surface area contributed by atoms with E-state index in [4.69, 9.17) is 10.2 Å². The van der Waals surface area contributed by atoms with Crippen LogP contribution in [0.5, 0.6) is 5.75 Å². The van der Waals surface area contributed by atoms with Gasteiger partial charge in [-0.15, -0.1) is 0 Å². The van der Waals surface area contributed by atoms with E-state index in [1.807, 2.05) is 0 Å². The maximum atomic E-state index is 12.0. The summed E-state index contributed by atoms with van der Waals surface area (Å²) in [6.07, 6.45) is 0. The molecule has 0 bridgehead atoms. The number of phenolic OH excluding ortho intramolecular Hbond substituents is 1. The normalized spacial score (nSPS) is 7.90. The van der Waals surface area contributed by atoms with Gasteiger partial charge in [0.25, 0.3) is 0 Å². The fourth-order valence-corrected chi connectivity index (χ4v) is 0.441. The average Bonchev–Trinajstić information content (AvgIpc) is 2.00. The van der Waals surface area contributed by atoms with Gasteiger partial charge in [0, 0.05) is 7.11 Å². The van der Waals surface area contributed by atoms with Gasteiger partial charge in [-0.25, -0.2) is 4.39 Å². The number of aliphatic hydroxyl groups excluding tert-OH is 1. The summed E-state index contributed by atoms with van der Waals surface area (Å²) in [5.41, 5.74) is 0. The molecule has 2 nitrogen and oxygen atoms in total. The highest BCUT2D eigenvalue weighted by molar-refractivity contribution is 5.19. The lowest BCUT2D eigenvalue weighted by atomic mass is 10.3. The molecule has 1 aromatic rings. The minimum atomic E-state index is -0.331. The van der Waals surface area contributed by atoms with E-state index in [-0.39, 0.29) is 11.6 Å². The highest BCUT2D eigenvalue weighted by Crippen LogP contribution is 2.06. The minimum absolute atomic E-state index is 0.0893. The molecule has 0 spiro atoms. The monoisotopic (exact) mass is 144 g/mol. The molecule has 0 aliphatic heterocycles. The van der Waals surface area contributed by atoms with Crippen LogP contribution in [0.2, 0.25) is 0 Å². The lowest BCUT2D eigenvalue weighted by Crippen LogP contribution is -1.67. The zero-order valence-corrected chi connectivity index (χ0v) is 5.58. The van der Waals surface area contributed by atoms with Crippen LogP contribution in [0.15, 0.2) is 24.3 Å². The number of hydrogen-bond acceptors (Lipinski definition) is 2. The van der Waals surface area contributed by atoms with E-state index in [2.05, 4.69) is 0 Å². The first-order valence-electron chi connectivity index (χ1n) is 2.68. The van der Waals surface area contributed by atoms with E-state index in [1.54, 1.807) is 0 Å². The van der Waals surface area contributed by atoms with E-state index in [0.29, 0.717) is 0 Å². The third-order valence-electron chi connectivity index (χ3n) is 0.827. The van der Waals surface area contributed by atoms with Crippen LogP contribution in [-0.4, -0.2) is 17.3 Å². The van der Waals surface area contributed by atoms with Crippen molar-refractivity contribution in [3.05, 3.63) is 30.1 Å². The molecule has 10 heavy (non-hydrogen) atoms. The zero-order valence-electron chi connectivity index (χ0n) is 5.58. The van der Waals surface area contributed by atoms with Crippen molar-refractivity contribution in [2.75, 3.05) is 7.11 Å². The van der Waals surface area contributed by atoms with Crippen LogP contribution < -0.4 is 0 Å². The van der Waals surface area contributed by atoms with Crippen LogP contribution in [0.4, 0.5) is 4.39 Å². The third-order valence-corrected chi connectivity index (χ3v) is 0.827. The number of halogens is 1. The molecule has 0 aromatic heterocycles.